The summed E-state index contributed by atoms with van der Waals surface area (Å²) in [5.74, 6) is 0.0293. The number of phenolic OH excluding ortho intramolecular Hbond substituents is 1. The molecule has 2 rings (SSSR count). The van der Waals surface area contributed by atoms with E-state index in [0.29, 0.717) is 16.3 Å². The van der Waals surface area contributed by atoms with Gasteiger partial charge in [0.1, 0.15) is 11.4 Å². The Kier molecular flexibility index (Phi) is 4.32. The highest BCUT2D eigenvalue weighted by Gasteiger charge is 2.15. The van der Waals surface area contributed by atoms with Gasteiger partial charge in [0, 0.05) is 28.2 Å². The molecule has 0 saturated carbocycles. The molecule has 2 aromatic rings. The topological polar surface area (TPSA) is 75.4 Å². The van der Waals surface area contributed by atoms with E-state index in [0.717, 1.165) is 0 Å². The van der Waals surface area contributed by atoms with E-state index in [4.69, 9.17) is 23.2 Å². The molecule has 5 nitrogen and oxygen atoms in total. The van der Waals surface area contributed by atoms with Crippen molar-refractivity contribution in [1.82, 2.24) is 0 Å². The van der Waals surface area contributed by atoms with Crippen LogP contribution in [0.15, 0.2) is 36.4 Å². The van der Waals surface area contributed by atoms with Crippen LogP contribution in [0.25, 0.3) is 0 Å². The van der Waals surface area contributed by atoms with Gasteiger partial charge in [-0.05, 0) is 24.3 Å². The number of rotatable bonds is 4. The van der Waals surface area contributed by atoms with Gasteiger partial charge in [0.15, 0.2) is 0 Å². The maximum Gasteiger partial charge on any atom is 0.293 e. The minimum Gasteiger partial charge on any atom is -0.508 e. The largest absolute Gasteiger partial charge is 0.508 e. The fourth-order valence-electron chi connectivity index (χ4n) is 1.71. The summed E-state index contributed by atoms with van der Waals surface area (Å²) in [5, 5.41) is 24.2. The highest BCUT2D eigenvalue weighted by Crippen LogP contribution is 2.30. The Morgan fingerprint density at radius 2 is 2.00 bits per heavy atom. The van der Waals surface area contributed by atoms with Gasteiger partial charge >= 0.3 is 0 Å². The molecule has 0 bridgehead atoms. The average molecular weight is 313 g/mol. The number of aromatic hydroxyl groups is 1. The Bertz CT molecular complexity index is 642. The Balaban J connectivity index is 2.25. The summed E-state index contributed by atoms with van der Waals surface area (Å²) in [5.41, 5.74) is 0.640. The molecular formula is C13H10Cl2N2O3. The first kappa shape index (κ1) is 14.4. The number of halogens is 2. The van der Waals surface area contributed by atoms with Crippen LogP contribution < -0.4 is 5.32 Å². The van der Waals surface area contributed by atoms with Crippen molar-refractivity contribution in [2.75, 3.05) is 5.32 Å². The van der Waals surface area contributed by atoms with Crippen LogP contribution in [0.1, 0.15) is 5.56 Å². The van der Waals surface area contributed by atoms with Crippen molar-refractivity contribution >= 4 is 34.6 Å². The molecule has 20 heavy (non-hydrogen) atoms. The molecule has 0 atom stereocenters. The van der Waals surface area contributed by atoms with Crippen molar-refractivity contribution < 1.29 is 10.0 Å². The molecule has 0 amide bonds. The van der Waals surface area contributed by atoms with Gasteiger partial charge in [-0.1, -0.05) is 29.3 Å². The Labute approximate surface area is 124 Å². The van der Waals surface area contributed by atoms with Gasteiger partial charge in [0.2, 0.25) is 0 Å². The molecule has 0 aromatic heterocycles. The van der Waals surface area contributed by atoms with E-state index >= 15 is 0 Å². The Morgan fingerprint density at radius 3 is 2.65 bits per heavy atom. The van der Waals surface area contributed by atoms with E-state index in [-0.39, 0.29) is 23.0 Å². The average Bonchev–Trinajstić information content (AvgIpc) is 2.39. The first-order chi connectivity index (χ1) is 9.49. The number of hydrogen-bond acceptors (Lipinski definition) is 4. The van der Waals surface area contributed by atoms with E-state index in [9.17, 15) is 15.2 Å². The number of phenols is 1. The van der Waals surface area contributed by atoms with E-state index < -0.39 is 4.92 Å². The number of nitrogens with one attached hydrogen (secondary N) is 1. The second-order valence-electron chi connectivity index (χ2n) is 4.01. The van der Waals surface area contributed by atoms with E-state index in [1.165, 1.54) is 18.2 Å². The summed E-state index contributed by atoms with van der Waals surface area (Å²) in [6, 6.07) is 9.06. The molecule has 0 unspecified atom stereocenters. The zero-order chi connectivity index (χ0) is 14.7. The van der Waals surface area contributed by atoms with Crippen LogP contribution in [0.5, 0.6) is 5.75 Å². The number of hydrogen-bond donors (Lipinski definition) is 2. The third-order valence-corrected chi connectivity index (χ3v) is 3.30. The molecule has 2 N–H and O–H groups in total. The molecule has 0 aliphatic heterocycles. The number of benzene rings is 2. The monoisotopic (exact) mass is 312 g/mol. The SMILES string of the molecule is O=[N+]([O-])c1cc(Cl)ccc1NCc1c(O)cccc1Cl. The fraction of sp³-hybridized carbons (Fsp3) is 0.0769. The second kappa shape index (κ2) is 5.98. The van der Waals surface area contributed by atoms with E-state index in [1.807, 2.05) is 0 Å². The second-order valence-corrected chi connectivity index (χ2v) is 4.85. The molecule has 0 radical (unpaired) electrons. The predicted molar refractivity (Wildman–Crippen MR) is 78.5 cm³/mol. The molecule has 0 saturated heterocycles. The Morgan fingerprint density at radius 1 is 1.25 bits per heavy atom. The molecule has 0 spiro atoms. The quantitative estimate of drug-likeness (QED) is 0.654. The summed E-state index contributed by atoms with van der Waals surface area (Å²) < 4.78 is 0. The number of nitrogens with zero attached hydrogens (tertiary/aromatic N) is 1. The summed E-state index contributed by atoms with van der Waals surface area (Å²) in [4.78, 5) is 10.4. The van der Waals surface area contributed by atoms with Crippen molar-refractivity contribution in [2.45, 2.75) is 6.54 Å². The van der Waals surface area contributed by atoms with Crippen LogP contribution in [0.2, 0.25) is 10.0 Å². The standard InChI is InChI=1S/C13H10Cl2N2O3/c14-8-4-5-11(12(6-8)17(19)20)16-7-9-10(15)2-1-3-13(9)18/h1-6,16,18H,7H2. The van der Waals surface area contributed by atoms with Crippen LogP contribution in [0.4, 0.5) is 11.4 Å². The molecule has 0 aliphatic rings. The van der Waals surface area contributed by atoms with Gasteiger partial charge in [0.05, 0.1) is 4.92 Å². The van der Waals surface area contributed by atoms with Gasteiger partial charge in [-0.3, -0.25) is 10.1 Å². The normalized spacial score (nSPS) is 10.3. The maximum atomic E-state index is 11.0. The number of anilines is 1. The Hall–Kier alpha value is -1.98. The fourth-order valence-corrected chi connectivity index (χ4v) is 2.11. The smallest absolute Gasteiger partial charge is 0.293 e. The van der Waals surface area contributed by atoms with Crippen LogP contribution in [0, 0.1) is 10.1 Å². The molecule has 7 heteroatoms. The van der Waals surface area contributed by atoms with Crippen LogP contribution >= 0.6 is 23.2 Å². The lowest BCUT2D eigenvalue weighted by Crippen LogP contribution is -2.03. The first-order valence-corrected chi connectivity index (χ1v) is 6.39. The molecule has 0 heterocycles. The van der Waals surface area contributed by atoms with Crippen molar-refractivity contribution in [3.63, 3.8) is 0 Å². The predicted octanol–water partition coefficient (Wildman–Crippen LogP) is 4.22. The lowest BCUT2D eigenvalue weighted by molar-refractivity contribution is -0.383. The summed E-state index contributed by atoms with van der Waals surface area (Å²) >= 11 is 11.7. The summed E-state index contributed by atoms with van der Waals surface area (Å²) in [6.07, 6.45) is 0. The first-order valence-electron chi connectivity index (χ1n) is 5.63. The van der Waals surface area contributed by atoms with Gasteiger partial charge in [-0.25, -0.2) is 0 Å². The van der Waals surface area contributed by atoms with Gasteiger partial charge in [-0.15, -0.1) is 0 Å². The molecule has 2 aromatic carbocycles. The van der Waals surface area contributed by atoms with Crippen molar-refractivity contribution in [3.05, 3.63) is 62.1 Å². The van der Waals surface area contributed by atoms with Crippen molar-refractivity contribution in [3.8, 4) is 5.75 Å². The zero-order valence-corrected chi connectivity index (χ0v) is 11.6. The van der Waals surface area contributed by atoms with Gasteiger partial charge in [-0.2, -0.15) is 0 Å². The van der Waals surface area contributed by atoms with E-state index in [2.05, 4.69) is 5.32 Å². The third-order valence-electron chi connectivity index (χ3n) is 2.71. The van der Waals surface area contributed by atoms with Gasteiger partial charge < -0.3 is 10.4 Å². The minimum absolute atomic E-state index is 0.0293. The molecule has 0 aliphatic carbocycles. The van der Waals surface area contributed by atoms with Crippen molar-refractivity contribution in [1.29, 1.82) is 0 Å². The van der Waals surface area contributed by atoms with E-state index in [1.54, 1.807) is 18.2 Å². The zero-order valence-electron chi connectivity index (χ0n) is 10.1. The maximum absolute atomic E-state index is 11.0. The van der Waals surface area contributed by atoms with Crippen LogP contribution in [-0.2, 0) is 6.54 Å². The van der Waals surface area contributed by atoms with Crippen LogP contribution in [-0.4, -0.2) is 10.0 Å². The lowest BCUT2D eigenvalue weighted by Gasteiger charge is -2.10. The number of nitro groups is 1. The highest BCUT2D eigenvalue weighted by molar-refractivity contribution is 6.31. The van der Waals surface area contributed by atoms with Crippen LogP contribution in [0.3, 0.4) is 0 Å². The molecule has 104 valence electrons. The summed E-state index contributed by atoms with van der Waals surface area (Å²) in [6.45, 7) is 0.161. The molecule has 0 fully saturated rings. The van der Waals surface area contributed by atoms with Gasteiger partial charge in [0.25, 0.3) is 5.69 Å². The third kappa shape index (κ3) is 3.12. The minimum atomic E-state index is -0.527. The molecular weight excluding hydrogens is 303 g/mol. The lowest BCUT2D eigenvalue weighted by atomic mass is 10.2. The highest BCUT2D eigenvalue weighted by atomic mass is 35.5. The number of nitro benzene ring substituents is 1. The summed E-state index contributed by atoms with van der Waals surface area (Å²) in [7, 11) is 0. The van der Waals surface area contributed by atoms with Crippen molar-refractivity contribution in [2.24, 2.45) is 0 Å².